The lowest BCUT2D eigenvalue weighted by molar-refractivity contribution is 0.280. The van der Waals surface area contributed by atoms with E-state index in [1.54, 1.807) is 0 Å². The summed E-state index contributed by atoms with van der Waals surface area (Å²) in [6.07, 6.45) is 5.00. The summed E-state index contributed by atoms with van der Waals surface area (Å²) in [7, 11) is 0. The van der Waals surface area contributed by atoms with Crippen LogP contribution in [0.2, 0.25) is 0 Å². The number of rotatable bonds is 2. The largest absolute Gasteiger partial charge is 0.357 e. The molecule has 1 fully saturated rings. The topological polar surface area (TPSA) is 55.6 Å². The van der Waals surface area contributed by atoms with Crippen LogP contribution in [0.4, 0.5) is 0 Å². The van der Waals surface area contributed by atoms with Gasteiger partial charge in [0.25, 0.3) is 0 Å². The van der Waals surface area contributed by atoms with E-state index in [0.717, 1.165) is 13.1 Å². The Labute approximate surface area is 271 Å². The van der Waals surface area contributed by atoms with Gasteiger partial charge in [0, 0.05) is 68.2 Å². The van der Waals surface area contributed by atoms with Gasteiger partial charge in [0.15, 0.2) is 0 Å². The number of aromatic amines is 2. The first kappa shape index (κ1) is 30.0. The first-order valence-corrected chi connectivity index (χ1v) is 17.4. The number of aryl methyl sites for hydroxylation is 6. The smallest absolute Gasteiger partial charge is 0.0477 e. The highest BCUT2D eigenvalue weighted by molar-refractivity contribution is 7.08. The zero-order valence-corrected chi connectivity index (χ0v) is 28.4. The molecule has 45 heavy (non-hydrogen) atoms. The van der Waals surface area contributed by atoms with Crippen LogP contribution in [-0.2, 0) is 13.1 Å². The standard InChI is InChI=1S/C40H46N4S/c1-23-17-25(3)37(26(4)18-23)39-33-13-11-29(43-33)21-41-31-9-7-8-10-32(31)42-22-30-12-14-34(44-30)40(36-16-15-35(39)45-36)38-27(5)19-24(2)20-28(38)6/h11-20,31-32,41-44H,7-10,21-22H2,1-6H3/b39-35-,40-36?/t31-,32+/m0/s1. The van der Waals surface area contributed by atoms with Gasteiger partial charge in [-0.05, 0) is 124 Å². The molecule has 3 aromatic heterocycles. The molecule has 2 aliphatic rings. The molecule has 5 heteroatoms. The molecule has 4 N–H and O–H groups in total. The molecule has 0 radical (unpaired) electrons. The maximum Gasteiger partial charge on any atom is 0.0477 e. The Morgan fingerprint density at radius 1 is 0.533 bits per heavy atom. The second-order valence-electron chi connectivity index (χ2n) is 13.5. The highest BCUT2D eigenvalue weighted by Gasteiger charge is 2.25. The van der Waals surface area contributed by atoms with E-state index in [0.29, 0.717) is 12.1 Å². The van der Waals surface area contributed by atoms with Gasteiger partial charge in [0.1, 0.15) is 0 Å². The number of H-pyrrole nitrogens is 2. The van der Waals surface area contributed by atoms with Crippen LogP contribution in [0.25, 0.3) is 11.1 Å². The number of benzene rings is 2. The number of aromatic nitrogens is 2. The fraction of sp³-hybridized carbons (Fsp3) is 0.350. The monoisotopic (exact) mass is 614 g/mol. The van der Waals surface area contributed by atoms with Crippen LogP contribution < -0.4 is 19.7 Å². The van der Waals surface area contributed by atoms with Crippen LogP contribution in [0, 0.1) is 41.5 Å². The Bertz CT molecular complexity index is 1810. The number of hydrogen-bond donors (Lipinski definition) is 4. The maximum absolute atomic E-state index is 3.93. The molecule has 0 unspecified atom stereocenters. The molecule has 1 saturated carbocycles. The molecular formula is C40H46N4S. The van der Waals surface area contributed by atoms with Crippen molar-refractivity contribution >= 4 is 22.5 Å². The maximum atomic E-state index is 3.93. The molecular weight excluding hydrogens is 569 g/mol. The second-order valence-corrected chi connectivity index (χ2v) is 14.6. The number of fused-ring (bicyclic) bond motifs is 7. The van der Waals surface area contributed by atoms with E-state index in [-0.39, 0.29) is 0 Å². The minimum absolute atomic E-state index is 0.458. The molecule has 6 bridgehead atoms. The SMILES string of the molecule is Cc1cc(C)c(C2=c3cc/c(s3)=C(/c3c(C)cc(C)cc3C)c3ccc([nH]3)CN[C@H]3CCCC[C@H]3NCc3ccc2[nH]3)c(C)c1. The van der Waals surface area contributed by atoms with Crippen molar-refractivity contribution in [2.75, 3.05) is 0 Å². The van der Waals surface area contributed by atoms with Gasteiger partial charge in [0.05, 0.1) is 0 Å². The van der Waals surface area contributed by atoms with Crippen molar-refractivity contribution < 1.29 is 0 Å². The van der Waals surface area contributed by atoms with Crippen molar-refractivity contribution in [2.45, 2.75) is 92.4 Å². The van der Waals surface area contributed by atoms with Crippen molar-refractivity contribution in [3.8, 4) is 0 Å². The minimum atomic E-state index is 0.458. The lowest BCUT2D eigenvalue weighted by atomic mass is 9.90. The quantitative estimate of drug-likeness (QED) is 0.169. The first-order chi connectivity index (χ1) is 21.7. The highest BCUT2D eigenvalue weighted by atomic mass is 32.1. The van der Waals surface area contributed by atoms with Crippen LogP contribution in [0.15, 0.2) is 60.7 Å². The van der Waals surface area contributed by atoms with Gasteiger partial charge in [-0.2, -0.15) is 0 Å². The van der Waals surface area contributed by atoms with Crippen LogP contribution in [0.5, 0.6) is 0 Å². The fourth-order valence-corrected chi connectivity index (χ4v) is 9.15. The normalized spacial score (nSPS) is 20.2. The number of nitrogens with one attached hydrogen (secondary N) is 4. The summed E-state index contributed by atoms with van der Waals surface area (Å²) >= 11 is 1.90. The van der Waals surface area contributed by atoms with E-state index in [2.05, 4.69) is 123 Å². The molecule has 1 aliphatic carbocycles. The number of hydrogen-bond acceptors (Lipinski definition) is 3. The molecule has 4 heterocycles. The Kier molecular flexibility index (Phi) is 8.20. The van der Waals surface area contributed by atoms with Crippen LogP contribution in [0.1, 0.15) is 93.0 Å². The Balaban J connectivity index is 1.52. The summed E-state index contributed by atoms with van der Waals surface area (Å²) in [5.41, 5.74) is 18.0. The molecule has 2 atom stereocenters. The molecule has 4 nitrogen and oxygen atoms in total. The average Bonchev–Trinajstić information content (AvgIpc) is 3.76. The third-order valence-electron chi connectivity index (χ3n) is 9.86. The van der Waals surface area contributed by atoms with E-state index in [9.17, 15) is 0 Å². The summed E-state index contributed by atoms with van der Waals surface area (Å²) in [6.45, 7) is 15.1. The summed E-state index contributed by atoms with van der Waals surface area (Å²) in [4.78, 5) is 7.72. The van der Waals surface area contributed by atoms with Crippen molar-refractivity contribution in [2.24, 2.45) is 0 Å². The van der Waals surface area contributed by atoms with Crippen molar-refractivity contribution in [1.82, 2.24) is 20.6 Å². The summed E-state index contributed by atoms with van der Waals surface area (Å²) in [5, 5.41) is 7.86. The molecule has 7 rings (SSSR count). The van der Waals surface area contributed by atoms with Crippen LogP contribution in [-0.4, -0.2) is 22.1 Å². The number of thiophene rings is 1. The second kappa shape index (κ2) is 12.3. The Morgan fingerprint density at radius 2 is 0.933 bits per heavy atom. The van der Waals surface area contributed by atoms with Gasteiger partial charge < -0.3 is 20.6 Å². The van der Waals surface area contributed by atoms with E-state index < -0.39 is 0 Å². The third kappa shape index (κ3) is 5.90. The molecule has 2 aromatic carbocycles. The van der Waals surface area contributed by atoms with Gasteiger partial charge in [0.2, 0.25) is 0 Å². The Hall–Kier alpha value is -3.64. The van der Waals surface area contributed by atoms with E-state index in [4.69, 9.17) is 0 Å². The molecule has 5 aromatic rings. The summed E-state index contributed by atoms with van der Waals surface area (Å²) in [5.74, 6) is 0. The van der Waals surface area contributed by atoms with E-state index in [1.165, 1.54) is 113 Å². The van der Waals surface area contributed by atoms with Crippen LogP contribution in [0.3, 0.4) is 0 Å². The fourth-order valence-electron chi connectivity index (χ4n) is 8.02. The molecule has 0 saturated heterocycles. The average molecular weight is 615 g/mol. The Morgan fingerprint density at radius 3 is 1.33 bits per heavy atom. The van der Waals surface area contributed by atoms with Crippen molar-refractivity contribution in [1.29, 1.82) is 0 Å². The predicted octanol–water partition coefficient (Wildman–Crippen LogP) is 7.25. The molecule has 0 amide bonds. The summed E-state index contributed by atoms with van der Waals surface area (Å²) < 4.78 is 2.57. The van der Waals surface area contributed by atoms with Gasteiger partial charge in [-0.25, -0.2) is 0 Å². The van der Waals surface area contributed by atoms with Crippen molar-refractivity contribution in [3.63, 3.8) is 0 Å². The molecule has 232 valence electrons. The van der Waals surface area contributed by atoms with Crippen LogP contribution >= 0.6 is 11.3 Å². The molecule has 0 spiro atoms. The minimum Gasteiger partial charge on any atom is -0.357 e. The van der Waals surface area contributed by atoms with E-state index in [1.807, 2.05) is 11.3 Å². The van der Waals surface area contributed by atoms with E-state index >= 15 is 0 Å². The molecule has 1 aliphatic heterocycles. The zero-order valence-electron chi connectivity index (χ0n) is 27.6. The predicted molar refractivity (Wildman–Crippen MR) is 189 cm³/mol. The third-order valence-corrected chi connectivity index (χ3v) is 11.0. The lowest BCUT2D eigenvalue weighted by Gasteiger charge is -2.33. The lowest BCUT2D eigenvalue weighted by Crippen LogP contribution is -2.49. The van der Waals surface area contributed by atoms with Gasteiger partial charge >= 0.3 is 0 Å². The zero-order chi connectivity index (χ0) is 31.2. The van der Waals surface area contributed by atoms with Gasteiger partial charge in [-0.15, -0.1) is 11.3 Å². The van der Waals surface area contributed by atoms with Gasteiger partial charge in [-0.1, -0.05) is 48.2 Å². The first-order valence-electron chi connectivity index (χ1n) is 16.6. The highest BCUT2D eigenvalue weighted by Crippen LogP contribution is 2.31. The van der Waals surface area contributed by atoms with Gasteiger partial charge in [-0.3, -0.25) is 0 Å². The summed E-state index contributed by atoms with van der Waals surface area (Å²) in [6, 6.07) is 24.0. The van der Waals surface area contributed by atoms with Crippen molar-refractivity contribution in [3.05, 3.63) is 137 Å².